The van der Waals surface area contributed by atoms with Crippen molar-refractivity contribution in [1.29, 1.82) is 0 Å². The van der Waals surface area contributed by atoms with Gasteiger partial charge < -0.3 is 9.87 Å². The van der Waals surface area contributed by atoms with E-state index in [2.05, 4.69) is 18.8 Å². The first-order valence-corrected chi connectivity index (χ1v) is 9.30. The topological polar surface area (TPSA) is 86.3 Å². The Kier molecular flexibility index (Phi) is 16.3. The van der Waals surface area contributed by atoms with Crippen molar-refractivity contribution in [3.63, 3.8) is 0 Å². The minimum atomic E-state index is -4.26. The number of unbranched alkanes of at least 4 members (excludes halogenated alkanes) is 6. The Balaban J connectivity index is 0. The van der Waals surface area contributed by atoms with E-state index in [0.29, 0.717) is 6.42 Å². The normalized spacial score (nSPS) is 12.3. The van der Waals surface area contributed by atoms with Crippen molar-refractivity contribution >= 4 is 16.0 Å². The molecule has 5 nitrogen and oxygen atoms in total. The predicted molar refractivity (Wildman–Crippen MR) is 83.9 cm³/mol. The van der Waals surface area contributed by atoms with Crippen LogP contribution in [-0.4, -0.2) is 31.2 Å². The Morgan fingerprint density at radius 2 is 1.73 bits per heavy atom. The quantitative estimate of drug-likeness (QED) is 0.214. The molecule has 0 rings (SSSR count). The van der Waals surface area contributed by atoms with Gasteiger partial charge in [-0.2, -0.15) is 0 Å². The molecule has 0 fully saturated rings. The van der Waals surface area contributed by atoms with Crippen LogP contribution < -0.4 is 34.9 Å². The van der Waals surface area contributed by atoms with E-state index >= 15 is 0 Å². The maximum absolute atomic E-state index is 11.1. The summed E-state index contributed by atoms with van der Waals surface area (Å²) in [4.78, 5) is 11.1. The van der Waals surface area contributed by atoms with Crippen LogP contribution in [0, 0.1) is 5.92 Å². The van der Waals surface area contributed by atoms with Gasteiger partial charge in [-0.25, -0.2) is 8.42 Å². The minimum absolute atomic E-state index is 0. The van der Waals surface area contributed by atoms with Crippen LogP contribution in [0.3, 0.4) is 0 Å². The molecule has 0 aliphatic rings. The molecule has 1 unspecified atom stereocenters. The Morgan fingerprint density at radius 1 is 1.18 bits per heavy atom. The average Bonchev–Trinajstić information content (AvgIpc) is 2.41. The molecule has 0 aliphatic heterocycles. The van der Waals surface area contributed by atoms with Gasteiger partial charge in [-0.15, -0.1) is 0 Å². The summed E-state index contributed by atoms with van der Waals surface area (Å²) in [7, 11) is -4.26. The second kappa shape index (κ2) is 14.7. The number of amides is 1. The van der Waals surface area contributed by atoms with Gasteiger partial charge in [-0.1, -0.05) is 58.4 Å². The molecule has 0 spiro atoms. The smallest absolute Gasteiger partial charge is 0.748 e. The monoisotopic (exact) mass is 341 g/mol. The molecule has 7 heteroatoms. The summed E-state index contributed by atoms with van der Waals surface area (Å²) >= 11 is 0. The van der Waals surface area contributed by atoms with Crippen molar-refractivity contribution in [2.75, 3.05) is 12.3 Å². The van der Waals surface area contributed by atoms with E-state index < -0.39 is 15.9 Å². The molecule has 0 bridgehead atoms. The summed E-state index contributed by atoms with van der Waals surface area (Å²) < 4.78 is 32.6. The first-order valence-electron chi connectivity index (χ1n) is 7.73. The molecular weight excluding hydrogens is 313 g/mol. The van der Waals surface area contributed by atoms with Crippen molar-refractivity contribution in [1.82, 2.24) is 5.32 Å². The zero-order valence-corrected chi connectivity index (χ0v) is 16.8. The fourth-order valence-electron chi connectivity index (χ4n) is 2.24. The van der Waals surface area contributed by atoms with Gasteiger partial charge in [0.05, 0.1) is 10.1 Å². The minimum Gasteiger partial charge on any atom is -0.748 e. The van der Waals surface area contributed by atoms with Crippen LogP contribution in [0.25, 0.3) is 0 Å². The first kappa shape index (κ1) is 24.4. The van der Waals surface area contributed by atoms with Gasteiger partial charge in [0.1, 0.15) is 0 Å². The summed E-state index contributed by atoms with van der Waals surface area (Å²) in [5.41, 5.74) is 0. The Bertz CT molecular complexity index is 398. The van der Waals surface area contributed by atoms with E-state index in [1.165, 1.54) is 25.7 Å². The van der Waals surface area contributed by atoms with Crippen LogP contribution in [0.1, 0.15) is 58.3 Å². The van der Waals surface area contributed by atoms with Crippen molar-refractivity contribution in [2.24, 2.45) is 5.92 Å². The molecule has 0 saturated carbocycles. The maximum Gasteiger partial charge on any atom is 1.00 e. The van der Waals surface area contributed by atoms with E-state index in [-0.39, 0.29) is 47.9 Å². The number of hydrogen-bond acceptors (Lipinski definition) is 4. The van der Waals surface area contributed by atoms with Gasteiger partial charge in [-0.3, -0.25) is 4.79 Å². The summed E-state index contributed by atoms with van der Waals surface area (Å²) in [6.45, 7) is 5.71. The van der Waals surface area contributed by atoms with E-state index in [0.717, 1.165) is 25.3 Å². The molecule has 0 aromatic carbocycles. The number of carbonyl (C=O) groups excluding carboxylic acids is 1. The van der Waals surface area contributed by atoms with Gasteiger partial charge in [-0.05, 0) is 18.4 Å². The average molecular weight is 341 g/mol. The molecule has 0 aromatic heterocycles. The molecule has 124 valence electrons. The number of carbonyl (C=O) groups is 1. The van der Waals surface area contributed by atoms with Gasteiger partial charge in [0.2, 0.25) is 5.91 Å². The van der Waals surface area contributed by atoms with Crippen LogP contribution >= 0.6 is 0 Å². The van der Waals surface area contributed by atoms with E-state index in [1.807, 2.05) is 0 Å². The largest absolute Gasteiger partial charge is 1.00 e. The van der Waals surface area contributed by atoms with Gasteiger partial charge in [0, 0.05) is 12.3 Å². The standard InChI is InChI=1S/C15H29NO4S.Na/c1-3-5-6-7-8-9-10-11-14(13-21(18,19)20)12-16-15(17)4-2;/h4,14H,2-3,5-13H2,1H3,(H,16,17)(H,18,19,20);/q;+1/p-1. The predicted octanol–water partition coefficient (Wildman–Crippen LogP) is -0.405. The number of rotatable bonds is 13. The van der Waals surface area contributed by atoms with Crippen LogP contribution in [-0.2, 0) is 14.9 Å². The number of nitrogens with one attached hydrogen (secondary N) is 1. The van der Waals surface area contributed by atoms with Crippen molar-refractivity contribution in [3.05, 3.63) is 12.7 Å². The Labute approximate surface area is 157 Å². The fraction of sp³-hybridized carbons (Fsp3) is 0.800. The summed E-state index contributed by atoms with van der Waals surface area (Å²) in [6, 6.07) is 0. The van der Waals surface area contributed by atoms with Gasteiger partial charge in [0.15, 0.2) is 0 Å². The second-order valence-corrected chi connectivity index (χ2v) is 6.90. The third-order valence-electron chi connectivity index (χ3n) is 3.41. The van der Waals surface area contributed by atoms with E-state index in [1.54, 1.807) is 0 Å². The number of hydrogen-bond donors (Lipinski definition) is 1. The van der Waals surface area contributed by atoms with Gasteiger partial charge >= 0.3 is 29.6 Å². The summed E-state index contributed by atoms with van der Waals surface area (Å²) in [6.07, 6.45) is 9.75. The van der Waals surface area contributed by atoms with Crippen molar-refractivity contribution in [3.8, 4) is 0 Å². The molecule has 1 atom stereocenters. The molecule has 0 radical (unpaired) electrons. The molecule has 0 heterocycles. The Morgan fingerprint density at radius 3 is 2.23 bits per heavy atom. The zero-order valence-electron chi connectivity index (χ0n) is 14.0. The molecule has 0 saturated heterocycles. The third kappa shape index (κ3) is 16.5. The van der Waals surface area contributed by atoms with Crippen LogP contribution in [0.5, 0.6) is 0 Å². The third-order valence-corrected chi connectivity index (χ3v) is 4.29. The summed E-state index contributed by atoms with van der Waals surface area (Å²) in [5.74, 6) is -1.07. The Hall–Kier alpha value is 0.120. The summed E-state index contributed by atoms with van der Waals surface area (Å²) in [5, 5.41) is 2.56. The molecule has 0 aliphatic carbocycles. The van der Waals surface area contributed by atoms with Crippen molar-refractivity contribution < 1.29 is 47.3 Å². The van der Waals surface area contributed by atoms with Crippen LogP contribution in [0.4, 0.5) is 0 Å². The van der Waals surface area contributed by atoms with Gasteiger partial charge in [0.25, 0.3) is 0 Å². The molecular formula is C15H28NNaO4S. The van der Waals surface area contributed by atoms with E-state index in [9.17, 15) is 17.8 Å². The molecule has 22 heavy (non-hydrogen) atoms. The SMILES string of the molecule is C=CC(=O)NCC(CCCCCCCCC)CS(=O)(=O)[O-].[Na+]. The first-order chi connectivity index (χ1) is 9.89. The fourth-order valence-corrected chi connectivity index (χ4v) is 3.10. The molecule has 1 N–H and O–H groups in total. The maximum atomic E-state index is 11.1. The molecule has 1 amide bonds. The van der Waals surface area contributed by atoms with Crippen LogP contribution in [0.2, 0.25) is 0 Å². The van der Waals surface area contributed by atoms with Crippen molar-refractivity contribution in [2.45, 2.75) is 58.3 Å². The zero-order chi connectivity index (χ0) is 16.1. The van der Waals surface area contributed by atoms with E-state index in [4.69, 9.17) is 0 Å². The molecule has 0 aromatic rings. The second-order valence-electron chi connectivity index (χ2n) is 5.45. The van der Waals surface area contributed by atoms with Crippen LogP contribution in [0.15, 0.2) is 12.7 Å².